The molecule has 0 saturated heterocycles. The van der Waals surface area contributed by atoms with E-state index in [2.05, 4.69) is 76.7 Å². The van der Waals surface area contributed by atoms with Gasteiger partial charge in [0.1, 0.15) is 4.45 Å². The average molecular weight is 306 g/mol. The normalized spacial score (nSPS) is 22.1. The Hall–Kier alpha value is -1.02. The van der Waals surface area contributed by atoms with Gasteiger partial charge < -0.3 is 5.32 Å². The second-order valence-corrected chi connectivity index (χ2v) is 6.19. The van der Waals surface area contributed by atoms with Crippen molar-refractivity contribution in [2.45, 2.75) is 37.1 Å². The molecule has 0 amide bonds. The summed E-state index contributed by atoms with van der Waals surface area (Å²) < 4.78 is -0.132. The molecule has 0 aliphatic heterocycles. The fourth-order valence-electron chi connectivity index (χ4n) is 2.06. The van der Waals surface area contributed by atoms with Gasteiger partial charge in [0.05, 0.1) is 0 Å². The minimum absolute atomic E-state index is 0.132. The van der Waals surface area contributed by atoms with Gasteiger partial charge in [0.25, 0.3) is 0 Å². The van der Waals surface area contributed by atoms with E-state index in [4.69, 9.17) is 0 Å². The predicted octanol–water partition coefficient (Wildman–Crippen LogP) is 5.05. The molecule has 0 bridgehead atoms. The summed E-state index contributed by atoms with van der Waals surface area (Å²) in [7, 11) is 0. The lowest BCUT2D eigenvalue weighted by molar-refractivity contribution is 0.794. The number of unbranched alkanes of at least 4 members (excludes halogenated alkanes) is 1. The summed E-state index contributed by atoms with van der Waals surface area (Å²) in [6, 6.07) is 8.77. The second kappa shape index (κ2) is 6.24. The van der Waals surface area contributed by atoms with Crippen LogP contribution in [0.15, 0.2) is 48.6 Å². The number of aryl methyl sites for hydroxylation is 1. The maximum atomic E-state index is 3.74. The average Bonchev–Trinajstić information content (AvgIpc) is 2.38. The fourth-order valence-corrected chi connectivity index (χ4v) is 2.63. The van der Waals surface area contributed by atoms with Gasteiger partial charge in [-0.1, -0.05) is 59.6 Å². The van der Waals surface area contributed by atoms with Gasteiger partial charge in [-0.25, -0.2) is 0 Å². The van der Waals surface area contributed by atoms with Gasteiger partial charge in [-0.15, -0.1) is 0 Å². The molecule has 1 N–H and O–H groups in total. The number of benzene rings is 1. The van der Waals surface area contributed by atoms with Crippen molar-refractivity contribution in [1.82, 2.24) is 0 Å². The lowest BCUT2D eigenvalue weighted by Crippen LogP contribution is -2.28. The predicted molar refractivity (Wildman–Crippen MR) is 83.2 cm³/mol. The molecule has 2 rings (SSSR count). The van der Waals surface area contributed by atoms with Gasteiger partial charge in [0, 0.05) is 12.1 Å². The molecule has 1 aliphatic rings. The SMILES string of the molecule is CCCCc1ccc(NC2(Br)C=CC=CC2)cc1. The van der Waals surface area contributed by atoms with Crippen LogP contribution in [0.25, 0.3) is 0 Å². The Balaban J connectivity index is 1.97. The third-order valence-corrected chi connectivity index (χ3v) is 3.93. The van der Waals surface area contributed by atoms with Crippen LogP contribution in [0.1, 0.15) is 31.7 Å². The standard InChI is InChI=1S/C16H20BrN/c1-2-3-7-14-8-10-15(11-9-14)18-16(17)12-5-4-6-13-16/h4-6,8-12,18H,2-3,7,13H2,1H3. The Morgan fingerprint density at radius 1 is 1.22 bits per heavy atom. The van der Waals surface area contributed by atoms with Gasteiger partial charge in [-0.3, -0.25) is 0 Å². The number of allylic oxidation sites excluding steroid dienone is 2. The molecule has 0 fully saturated rings. The van der Waals surface area contributed by atoms with Gasteiger partial charge in [-0.05, 0) is 36.6 Å². The van der Waals surface area contributed by atoms with Crippen molar-refractivity contribution in [3.8, 4) is 0 Å². The second-order valence-electron chi connectivity index (χ2n) is 4.78. The van der Waals surface area contributed by atoms with Crippen LogP contribution in [0.4, 0.5) is 5.69 Å². The molecule has 0 heterocycles. The summed E-state index contributed by atoms with van der Waals surface area (Å²) in [4.78, 5) is 0. The largest absolute Gasteiger partial charge is 0.367 e. The van der Waals surface area contributed by atoms with Crippen LogP contribution in [0.5, 0.6) is 0 Å². The first-order chi connectivity index (χ1) is 8.72. The maximum Gasteiger partial charge on any atom is 0.115 e. The third kappa shape index (κ3) is 3.74. The van der Waals surface area contributed by atoms with Gasteiger partial charge >= 0.3 is 0 Å². The van der Waals surface area contributed by atoms with Crippen LogP contribution in [0.2, 0.25) is 0 Å². The minimum atomic E-state index is -0.132. The highest BCUT2D eigenvalue weighted by atomic mass is 79.9. The van der Waals surface area contributed by atoms with Crippen molar-refractivity contribution in [1.29, 1.82) is 0 Å². The van der Waals surface area contributed by atoms with E-state index in [1.165, 1.54) is 24.8 Å². The highest BCUT2D eigenvalue weighted by Gasteiger charge is 2.22. The minimum Gasteiger partial charge on any atom is -0.367 e. The summed E-state index contributed by atoms with van der Waals surface area (Å²) in [5, 5.41) is 3.52. The Morgan fingerprint density at radius 2 is 2.00 bits per heavy atom. The summed E-state index contributed by atoms with van der Waals surface area (Å²) in [5.74, 6) is 0. The lowest BCUT2D eigenvalue weighted by atomic mass is 10.1. The first kappa shape index (κ1) is 13.4. The van der Waals surface area contributed by atoms with E-state index in [0.717, 1.165) is 12.1 Å². The summed E-state index contributed by atoms with van der Waals surface area (Å²) in [5.41, 5.74) is 2.58. The van der Waals surface area contributed by atoms with Crippen molar-refractivity contribution in [3.63, 3.8) is 0 Å². The molecule has 1 aliphatic carbocycles. The quantitative estimate of drug-likeness (QED) is 0.593. The molecule has 0 aromatic heterocycles. The summed E-state index contributed by atoms with van der Waals surface area (Å²) >= 11 is 3.74. The first-order valence-corrected chi connectivity index (χ1v) is 7.41. The Morgan fingerprint density at radius 3 is 2.61 bits per heavy atom. The van der Waals surface area contributed by atoms with Crippen molar-refractivity contribution in [3.05, 3.63) is 54.1 Å². The molecule has 0 radical (unpaired) electrons. The van der Waals surface area contributed by atoms with Crippen LogP contribution in [0.3, 0.4) is 0 Å². The summed E-state index contributed by atoms with van der Waals surface area (Å²) in [6.07, 6.45) is 13.1. The number of hydrogen-bond acceptors (Lipinski definition) is 1. The molecule has 1 atom stereocenters. The number of rotatable bonds is 5. The molecule has 0 saturated carbocycles. The van der Waals surface area contributed by atoms with Crippen molar-refractivity contribution >= 4 is 21.6 Å². The summed E-state index contributed by atoms with van der Waals surface area (Å²) in [6.45, 7) is 2.23. The monoisotopic (exact) mass is 305 g/mol. The Kier molecular flexibility index (Phi) is 4.65. The Bertz CT molecular complexity index is 433. The van der Waals surface area contributed by atoms with E-state index < -0.39 is 0 Å². The maximum absolute atomic E-state index is 3.74. The zero-order valence-corrected chi connectivity index (χ0v) is 12.4. The zero-order chi connectivity index (χ0) is 12.8. The van der Waals surface area contributed by atoms with E-state index in [0.29, 0.717) is 0 Å². The number of hydrogen-bond donors (Lipinski definition) is 1. The molecule has 1 aromatic carbocycles. The van der Waals surface area contributed by atoms with Crippen LogP contribution >= 0.6 is 15.9 Å². The zero-order valence-electron chi connectivity index (χ0n) is 10.8. The number of alkyl halides is 1. The van der Waals surface area contributed by atoms with Crippen LogP contribution < -0.4 is 5.32 Å². The van der Waals surface area contributed by atoms with E-state index in [1.54, 1.807) is 0 Å². The molecule has 1 nitrogen and oxygen atoms in total. The van der Waals surface area contributed by atoms with Crippen LogP contribution in [-0.2, 0) is 6.42 Å². The lowest BCUT2D eigenvalue weighted by Gasteiger charge is -2.27. The smallest absolute Gasteiger partial charge is 0.115 e. The fraction of sp³-hybridized carbons (Fsp3) is 0.375. The third-order valence-electron chi connectivity index (χ3n) is 3.15. The van der Waals surface area contributed by atoms with E-state index in [9.17, 15) is 0 Å². The van der Waals surface area contributed by atoms with E-state index in [1.807, 2.05) is 0 Å². The van der Waals surface area contributed by atoms with Gasteiger partial charge in [0.15, 0.2) is 0 Å². The Labute approximate surface area is 118 Å². The van der Waals surface area contributed by atoms with Crippen LogP contribution in [0, 0.1) is 0 Å². The van der Waals surface area contributed by atoms with Gasteiger partial charge in [0.2, 0.25) is 0 Å². The molecule has 96 valence electrons. The van der Waals surface area contributed by atoms with Crippen LogP contribution in [-0.4, -0.2) is 4.45 Å². The molecule has 1 aromatic rings. The first-order valence-electron chi connectivity index (χ1n) is 6.62. The van der Waals surface area contributed by atoms with E-state index >= 15 is 0 Å². The topological polar surface area (TPSA) is 12.0 Å². The molecule has 18 heavy (non-hydrogen) atoms. The highest BCUT2D eigenvalue weighted by molar-refractivity contribution is 9.10. The number of anilines is 1. The van der Waals surface area contributed by atoms with Gasteiger partial charge in [-0.2, -0.15) is 0 Å². The van der Waals surface area contributed by atoms with E-state index in [-0.39, 0.29) is 4.45 Å². The van der Waals surface area contributed by atoms with Crippen molar-refractivity contribution < 1.29 is 0 Å². The molecule has 0 spiro atoms. The molecule has 2 heteroatoms. The number of halogens is 1. The molecular weight excluding hydrogens is 286 g/mol. The number of nitrogens with one attached hydrogen (secondary N) is 1. The molecular formula is C16H20BrN. The van der Waals surface area contributed by atoms with Crippen molar-refractivity contribution in [2.75, 3.05) is 5.32 Å². The molecule has 1 unspecified atom stereocenters. The highest BCUT2D eigenvalue weighted by Crippen LogP contribution is 2.29. The van der Waals surface area contributed by atoms with Crippen molar-refractivity contribution in [2.24, 2.45) is 0 Å².